The maximum absolute atomic E-state index is 12.8. The first kappa shape index (κ1) is 17.1. The van der Waals surface area contributed by atoms with Gasteiger partial charge in [0, 0.05) is 43.6 Å². The standard InChI is InChI=1S/C19H25FN2O2/c20-15-6-4-14(5-7-15)18(23)2-1-3-19(24)21-16-10-12-22(13-11-16)17-8-9-17/h4-7,16-17H,1-3,8-13H2,(H,21,24). The van der Waals surface area contributed by atoms with Gasteiger partial charge < -0.3 is 10.2 Å². The van der Waals surface area contributed by atoms with Crippen LogP contribution in [0.1, 0.15) is 55.3 Å². The van der Waals surface area contributed by atoms with Crippen molar-refractivity contribution in [2.24, 2.45) is 0 Å². The lowest BCUT2D eigenvalue weighted by molar-refractivity contribution is -0.122. The van der Waals surface area contributed by atoms with E-state index in [0.717, 1.165) is 32.0 Å². The van der Waals surface area contributed by atoms with E-state index >= 15 is 0 Å². The number of carbonyl (C=O) groups is 2. The van der Waals surface area contributed by atoms with Crippen molar-refractivity contribution in [2.45, 2.75) is 57.0 Å². The van der Waals surface area contributed by atoms with Gasteiger partial charge in [-0.15, -0.1) is 0 Å². The van der Waals surface area contributed by atoms with Gasteiger partial charge in [-0.3, -0.25) is 9.59 Å². The zero-order chi connectivity index (χ0) is 16.9. The summed E-state index contributed by atoms with van der Waals surface area (Å²) in [6, 6.07) is 6.64. The Balaban J connectivity index is 1.32. The summed E-state index contributed by atoms with van der Waals surface area (Å²) in [5, 5.41) is 3.09. The highest BCUT2D eigenvalue weighted by atomic mass is 19.1. The Labute approximate surface area is 142 Å². The number of amides is 1. The average Bonchev–Trinajstić information content (AvgIpc) is 3.41. The molecule has 5 heteroatoms. The van der Waals surface area contributed by atoms with Crippen LogP contribution in [0.15, 0.2) is 24.3 Å². The van der Waals surface area contributed by atoms with Crippen molar-refractivity contribution in [1.29, 1.82) is 0 Å². The topological polar surface area (TPSA) is 49.4 Å². The SMILES string of the molecule is O=C(CCCC(=O)c1ccc(F)cc1)NC1CCN(C2CC2)CC1. The van der Waals surface area contributed by atoms with Crippen LogP contribution in [0.25, 0.3) is 0 Å². The average molecular weight is 332 g/mol. The second kappa shape index (κ2) is 7.88. The zero-order valence-corrected chi connectivity index (χ0v) is 14.0. The number of halogens is 1. The molecule has 2 fully saturated rings. The van der Waals surface area contributed by atoms with Gasteiger partial charge in [0.1, 0.15) is 5.82 Å². The molecule has 1 N–H and O–H groups in total. The van der Waals surface area contributed by atoms with Crippen molar-refractivity contribution in [3.05, 3.63) is 35.6 Å². The van der Waals surface area contributed by atoms with Gasteiger partial charge >= 0.3 is 0 Å². The highest BCUT2D eigenvalue weighted by molar-refractivity contribution is 5.96. The first-order valence-corrected chi connectivity index (χ1v) is 8.94. The molecule has 0 aromatic heterocycles. The fourth-order valence-corrected chi connectivity index (χ4v) is 3.34. The van der Waals surface area contributed by atoms with Crippen molar-refractivity contribution in [3.8, 4) is 0 Å². The summed E-state index contributed by atoms with van der Waals surface area (Å²) in [6.45, 7) is 2.16. The van der Waals surface area contributed by atoms with Gasteiger partial charge in [0.05, 0.1) is 0 Å². The largest absolute Gasteiger partial charge is 0.353 e. The van der Waals surface area contributed by atoms with Crippen molar-refractivity contribution < 1.29 is 14.0 Å². The molecule has 0 spiro atoms. The van der Waals surface area contributed by atoms with Gasteiger partial charge in [-0.2, -0.15) is 0 Å². The van der Waals surface area contributed by atoms with Crippen molar-refractivity contribution >= 4 is 11.7 Å². The van der Waals surface area contributed by atoms with Crippen LogP contribution in [0, 0.1) is 5.82 Å². The Hall–Kier alpha value is -1.75. The number of Topliss-reactive ketones (excluding diaryl/α,β-unsaturated/α-hetero) is 1. The molecule has 0 bridgehead atoms. The fourth-order valence-electron chi connectivity index (χ4n) is 3.34. The highest BCUT2D eigenvalue weighted by Crippen LogP contribution is 2.29. The molecule has 1 saturated carbocycles. The summed E-state index contributed by atoms with van der Waals surface area (Å²) in [5.74, 6) is -0.356. The summed E-state index contributed by atoms with van der Waals surface area (Å²) in [5.41, 5.74) is 0.504. The molecule has 0 radical (unpaired) electrons. The fraction of sp³-hybridized carbons (Fsp3) is 0.579. The molecule has 24 heavy (non-hydrogen) atoms. The van der Waals surface area contributed by atoms with Crippen LogP contribution in [0.2, 0.25) is 0 Å². The van der Waals surface area contributed by atoms with Crippen LogP contribution in [0.3, 0.4) is 0 Å². The Morgan fingerprint density at radius 2 is 1.71 bits per heavy atom. The number of nitrogens with zero attached hydrogens (tertiary/aromatic N) is 1. The van der Waals surface area contributed by atoms with Crippen molar-refractivity contribution in [3.63, 3.8) is 0 Å². The van der Waals surface area contributed by atoms with Crippen LogP contribution >= 0.6 is 0 Å². The van der Waals surface area contributed by atoms with E-state index < -0.39 is 0 Å². The summed E-state index contributed by atoms with van der Waals surface area (Å²) in [4.78, 5) is 26.5. The molecule has 1 saturated heterocycles. The summed E-state index contributed by atoms with van der Waals surface area (Å²) in [6.07, 6.45) is 5.93. The lowest BCUT2D eigenvalue weighted by Crippen LogP contribution is -2.45. The molecular weight excluding hydrogens is 307 g/mol. The molecular formula is C19H25FN2O2. The lowest BCUT2D eigenvalue weighted by Gasteiger charge is -2.32. The molecule has 3 rings (SSSR count). The van der Waals surface area contributed by atoms with E-state index in [4.69, 9.17) is 0 Å². The Bertz CT molecular complexity index is 576. The van der Waals surface area contributed by atoms with E-state index in [2.05, 4.69) is 10.2 Å². The lowest BCUT2D eigenvalue weighted by atomic mass is 10.0. The molecule has 1 amide bonds. The number of nitrogens with one attached hydrogen (secondary N) is 1. The molecule has 4 nitrogen and oxygen atoms in total. The predicted octanol–water partition coefficient (Wildman–Crippen LogP) is 2.92. The van der Waals surface area contributed by atoms with Crippen LogP contribution in [0.4, 0.5) is 4.39 Å². The normalized spacial score (nSPS) is 19.2. The number of ketones is 1. The molecule has 1 aliphatic heterocycles. The predicted molar refractivity (Wildman–Crippen MR) is 90.3 cm³/mol. The number of benzene rings is 1. The van der Waals surface area contributed by atoms with Gasteiger partial charge in [0.15, 0.2) is 5.78 Å². The van der Waals surface area contributed by atoms with E-state index in [9.17, 15) is 14.0 Å². The molecule has 1 aliphatic carbocycles. The number of carbonyl (C=O) groups excluding carboxylic acids is 2. The van der Waals surface area contributed by atoms with E-state index in [-0.39, 0.29) is 23.5 Å². The maximum Gasteiger partial charge on any atom is 0.220 e. The molecule has 0 unspecified atom stereocenters. The second-order valence-corrected chi connectivity index (χ2v) is 6.89. The second-order valence-electron chi connectivity index (χ2n) is 6.89. The Morgan fingerprint density at radius 3 is 2.33 bits per heavy atom. The van der Waals surface area contributed by atoms with Gasteiger partial charge in [-0.1, -0.05) is 0 Å². The van der Waals surface area contributed by atoms with E-state index in [1.165, 1.54) is 37.1 Å². The third-order valence-electron chi connectivity index (χ3n) is 4.93. The van der Waals surface area contributed by atoms with E-state index in [1.54, 1.807) is 0 Å². The monoisotopic (exact) mass is 332 g/mol. The third kappa shape index (κ3) is 4.87. The Kier molecular flexibility index (Phi) is 5.61. The first-order valence-electron chi connectivity index (χ1n) is 8.94. The van der Waals surface area contributed by atoms with Crippen LogP contribution in [-0.2, 0) is 4.79 Å². The number of hydrogen-bond acceptors (Lipinski definition) is 3. The molecule has 0 atom stereocenters. The van der Waals surface area contributed by atoms with Gasteiger partial charge in [-0.05, 0) is 56.4 Å². The number of hydrogen-bond donors (Lipinski definition) is 1. The third-order valence-corrected chi connectivity index (χ3v) is 4.93. The van der Waals surface area contributed by atoms with Gasteiger partial charge in [-0.25, -0.2) is 4.39 Å². The van der Waals surface area contributed by atoms with Gasteiger partial charge in [0.2, 0.25) is 5.91 Å². The zero-order valence-electron chi connectivity index (χ0n) is 14.0. The molecule has 130 valence electrons. The quantitative estimate of drug-likeness (QED) is 0.781. The van der Waals surface area contributed by atoms with Crippen molar-refractivity contribution in [1.82, 2.24) is 10.2 Å². The minimum absolute atomic E-state index is 0.0341. The summed E-state index contributed by atoms with van der Waals surface area (Å²) >= 11 is 0. The highest BCUT2D eigenvalue weighted by Gasteiger charge is 2.31. The van der Waals surface area contributed by atoms with Crippen LogP contribution in [0.5, 0.6) is 0 Å². The first-order chi connectivity index (χ1) is 11.6. The van der Waals surface area contributed by atoms with Crippen LogP contribution in [-0.4, -0.2) is 41.8 Å². The Morgan fingerprint density at radius 1 is 1.04 bits per heavy atom. The summed E-state index contributed by atoms with van der Waals surface area (Å²) in [7, 11) is 0. The molecule has 1 aromatic carbocycles. The molecule has 2 aliphatic rings. The van der Waals surface area contributed by atoms with E-state index in [1.807, 2.05) is 0 Å². The molecule has 1 aromatic rings. The summed E-state index contributed by atoms with van der Waals surface area (Å²) < 4.78 is 12.8. The number of rotatable bonds is 7. The van der Waals surface area contributed by atoms with E-state index in [0.29, 0.717) is 24.8 Å². The van der Waals surface area contributed by atoms with Gasteiger partial charge in [0.25, 0.3) is 0 Å². The van der Waals surface area contributed by atoms with Crippen molar-refractivity contribution in [2.75, 3.05) is 13.1 Å². The minimum atomic E-state index is -0.348. The van der Waals surface area contributed by atoms with Crippen LogP contribution < -0.4 is 5.32 Å². The molecule has 1 heterocycles. The number of likely N-dealkylation sites (tertiary alicyclic amines) is 1. The maximum atomic E-state index is 12.8. The number of piperidine rings is 1. The smallest absolute Gasteiger partial charge is 0.220 e. The minimum Gasteiger partial charge on any atom is -0.353 e.